The van der Waals surface area contributed by atoms with E-state index in [0.717, 1.165) is 0 Å². The number of rotatable bonds is 0. The first-order chi connectivity index (χ1) is 2.41. The second-order valence-corrected chi connectivity index (χ2v) is 0.958. The fraction of sp³-hybridized carbons (Fsp3) is 0. The van der Waals surface area contributed by atoms with Crippen LogP contribution in [0.3, 0.4) is 0 Å². The molecule has 0 aliphatic carbocycles. The number of hydrogen-bond acceptors (Lipinski definition) is 2. The van der Waals surface area contributed by atoms with Gasteiger partial charge < -0.3 is 0 Å². The summed E-state index contributed by atoms with van der Waals surface area (Å²) >= 11 is 0.215. The Morgan fingerprint density at radius 2 is 1.50 bits per heavy atom. The van der Waals surface area contributed by atoms with E-state index < -0.39 is 0 Å². The van der Waals surface area contributed by atoms with Crippen LogP contribution in [0.15, 0.2) is 0 Å². The molecule has 29 valence electrons. The maximum atomic E-state index is 7.58. The van der Waals surface area contributed by atoms with E-state index in [1.165, 1.54) is 0 Å². The van der Waals surface area contributed by atoms with E-state index in [2.05, 4.69) is 0 Å². The quantitative estimate of drug-likeness (QED) is 0.489. The van der Waals surface area contributed by atoms with Crippen LogP contribution in [0.25, 0.3) is 0 Å². The molecule has 0 saturated carbocycles. The van der Waals surface area contributed by atoms with E-state index in [4.69, 9.17) is 10.5 Å². The third kappa shape index (κ3) is 8.93. The van der Waals surface area contributed by atoms with E-state index in [0.29, 0.717) is 0 Å². The molecule has 0 rings (SSSR count). The van der Waals surface area contributed by atoms with Gasteiger partial charge in [0.2, 0.25) is 0 Å². The van der Waals surface area contributed by atoms with E-state index in [1.807, 2.05) is 0 Å². The number of nitriles is 2. The molecule has 0 N–H and O–H groups in total. The van der Waals surface area contributed by atoms with Crippen molar-refractivity contribution in [2.45, 2.75) is 0 Å². The molecule has 0 unspecified atom stereocenters. The first-order valence-corrected chi connectivity index (χ1v) is 1.82. The predicted octanol–water partition coefficient (Wildman–Crippen LogP) is 0.0286. The fourth-order valence-electron chi connectivity index (χ4n) is 0.0167. The molecule has 4 heteroatoms. The van der Waals surface area contributed by atoms with E-state index in [1.54, 1.807) is 10.0 Å². The van der Waals surface area contributed by atoms with Gasteiger partial charge in [0.1, 0.15) is 0 Å². The monoisotopic (exact) mass is 175 g/mol. The molecule has 0 radical (unpaired) electrons. The summed E-state index contributed by atoms with van der Waals surface area (Å²) in [5.74, 6) is 0. The third-order valence-electron chi connectivity index (χ3n) is 0.0745. The molecule has 0 aromatic rings. The topological polar surface area (TPSA) is 47.6 Å². The van der Waals surface area contributed by atoms with Gasteiger partial charge in [0, 0.05) is 19.5 Å². The zero-order valence-electron chi connectivity index (χ0n) is 2.93. The molecule has 0 aliphatic heterocycles. The van der Waals surface area contributed by atoms with E-state index >= 15 is 0 Å². The number of nitrogens with zero attached hydrogens (tertiary/aromatic N) is 2. The minimum absolute atomic E-state index is 0. The van der Waals surface area contributed by atoms with Gasteiger partial charge >= 0.3 is 35.2 Å². The normalized spacial score (nSPS) is 4.33. The Morgan fingerprint density at radius 1 is 1.17 bits per heavy atom. The third-order valence-corrected chi connectivity index (χ3v) is 0.307. The van der Waals surface area contributed by atoms with Gasteiger partial charge in [-0.25, -0.2) is 0 Å². The summed E-state index contributed by atoms with van der Waals surface area (Å²) in [5.41, 5.74) is 0. The summed E-state index contributed by atoms with van der Waals surface area (Å²) in [6, 6.07) is 0. The minimum Gasteiger partial charge on any atom is 0 e. The molecule has 0 aromatic heterocycles. The first-order valence-electron chi connectivity index (χ1n) is 0.781. The molecule has 2 nitrogen and oxygen atoms in total. The smallest absolute Gasteiger partial charge is 0 e. The second kappa shape index (κ2) is 8.92. The van der Waals surface area contributed by atoms with Crippen LogP contribution in [0.2, 0.25) is 0 Å². The zero-order valence-corrected chi connectivity index (χ0v) is 6.94. The SMILES string of the molecule is N#[C][Co][C]#N.[Zn]. The summed E-state index contributed by atoms with van der Waals surface area (Å²) in [4.78, 5) is 0. The van der Waals surface area contributed by atoms with Gasteiger partial charge in [-0.05, 0) is 0 Å². The molecule has 0 saturated heterocycles. The largest absolute Gasteiger partial charge is 0 e. The molecule has 0 spiro atoms. The van der Waals surface area contributed by atoms with Gasteiger partial charge in [0.15, 0.2) is 0 Å². The van der Waals surface area contributed by atoms with Gasteiger partial charge in [-0.1, -0.05) is 0 Å². The summed E-state index contributed by atoms with van der Waals surface area (Å²) in [6.45, 7) is 0. The average molecular weight is 176 g/mol. The first kappa shape index (κ1) is 9.44. The van der Waals surface area contributed by atoms with Crippen LogP contribution < -0.4 is 0 Å². The maximum Gasteiger partial charge on any atom is 0 e. The minimum atomic E-state index is 0. The van der Waals surface area contributed by atoms with Crippen molar-refractivity contribution in [2.24, 2.45) is 0 Å². The van der Waals surface area contributed by atoms with Crippen LogP contribution in [-0.4, -0.2) is 0 Å². The molecular formula is C2CoN2Zn. The fourth-order valence-corrected chi connectivity index (χ4v) is 0.0687. The molecule has 0 bridgehead atoms. The molecule has 0 fully saturated rings. The summed E-state index contributed by atoms with van der Waals surface area (Å²) in [7, 11) is 0. The van der Waals surface area contributed by atoms with Gasteiger partial charge in [0.05, 0.1) is 0 Å². The van der Waals surface area contributed by atoms with Crippen LogP contribution in [0.5, 0.6) is 0 Å². The van der Waals surface area contributed by atoms with E-state index in [-0.39, 0.29) is 34.2 Å². The van der Waals surface area contributed by atoms with Crippen LogP contribution in [-0.2, 0) is 34.2 Å². The molecule has 0 heterocycles. The zero-order chi connectivity index (χ0) is 4.12. The summed E-state index contributed by atoms with van der Waals surface area (Å²) in [6.07, 6.45) is 0. The van der Waals surface area contributed by atoms with Crippen molar-refractivity contribution in [3.8, 4) is 10.0 Å². The molecule has 0 aromatic carbocycles. The Bertz CT molecular complexity index is 76.7. The van der Waals surface area contributed by atoms with Crippen molar-refractivity contribution in [1.29, 1.82) is 10.5 Å². The predicted molar refractivity (Wildman–Crippen MR) is 11.2 cm³/mol. The van der Waals surface area contributed by atoms with Crippen LogP contribution in [0.4, 0.5) is 0 Å². The molecule has 0 atom stereocenters. The Hall–Kier alpha value is 0.110. The van der Waals surface area contributed by atoms with Crippen molar-refractivity contribution < 1.29 is 34.2 Å². The summed E-state index contributed by atoms with van der Waals surface area (Å²) < 4.78 is 0. The summed E-state index contributed by atoms with van der Waals surface area (Å²) in [5, 5.41) is 18.4. The van der Waals surface area contributed by atoms with Gasteiger partial charge in [-0.3, -0.25) is 0 Å². The van der Waals surface area contributed by atoms with Gasteiger partial charge in [0.25, 0.3) is 0 Å². The van der Waals surface area contributed by atoms with Crippen LogP contribution >= 0.6 is 0 Å². The van der Waals surface area contributed by atoms with Crippen molar-refractivity contribution in [3.05, 3.63) is 0 Å². The molecule has 0 aliphatic rings. The van der Waals surface area contributed by atoms with Crippen molar-refractivity contribution >= 4 is 0 Å². The van der Waals surface area contributed by atoms with Gasteiger partial charge in [-0.2, -0.15) is 0 Å². The Kier molecular flexibility index (Phi) is 14.0. The second-order valence-electron chi connectivity index (χ2n) is 0.232. The van der Waals surface area contributed by atoms with Crippen LogP contribution in [0, 0.1) is 20.5 Å². The van der Waals surface area contributed by atoms with Crippen molar-refractivity contribution in [1.82, 2.24) is 0 Å². The van der Waals surface area contributed by atoms with Crippen molar-refractivity contribution in [2.75, 3.05) is 0 Å². The van der Waals surface area contributed by atoms with Gasteiger partial charge in [-0.15, -0.1) is 0 Å². The Labute approximate surface area is 54.9 Å². The molecule has 6 heavy (non-hydrogen) atoms. The molecule has 0 amide bonds. The van der Waals surface area contributed by atoms with E-state index in [9.17, 15) is 0 Å². The number of hydrogen-bond donors (Lipinski definition) is 0. The standard InChI is InChI=1S/2CN.Co.Zn/c2*1-2;;. The van der Waals surface area contributed by atoms with Crippen LogP contribution in [0.1, 0.15) is 0 Å². The Morgan fingerprint density at radius 3 is 1.50 bits per heavy atom. The average Bonchev–Trinajstić information content (AvgIpc) is 1.41. The van der Waals surface area contributed by atoms with Crippen molar-refractivity contribution in [3.63, 3.8) is 0 Å². The molecular weight excluding hydrogens is 176 g/mol. The Balaban J connectivity index is 0. The maximum absolute atomic E-state index is 7.58.